The minimum absolute atomic E-state index is 0.0683. The van der Waals surface area contributed by atoms with Crippen molar-refractivity contribution in [2.75, 3.05) is 40.5 Å². The summed E-state index contributed by atoms with van der Waals surface area (Å²) in [6.07, 6.45) is 1.43. The Morgan fingerprint density at radius 1 is 1.53 bits per heavy atom. The molecule has 1 atom stereocenters. The number of hydrogen-bond donors (Lipinski definition) is 1. The van der Waals surface area contributed by atoms with Gasteiger partial charge in [-0.1, -0.05) is 0 Å². The third-order valence-corrected chi connectivity index (χ3v) is 3.68. The van der Waals surface area contributed by atoms with E-state index in [-0.39, 0.29) is 11.9 Å². The fourth-order valence-corrected chi connectivity index (χ4v) is 2.19. The van der Waals surface area contributed by atoms with Gasteiger partial charge < -0.3 is 20.1 Å². The number of nitrogens with zero attached hydrogens (tertiary/aromatic N) is 1. The highest BCUT2D eigenvalue weighted by atomic mass is 16.5. The van der Waals surface area contributed by atoms with Crippen LogP contribution in [0.5, 0.6) is 0 Å². The van der Waals surface area contributed by atoms with Gasteiger partial charge in [-0.15, -0.1) is 0 Å². The molecule has 0 aliphatic carbocycles. The molecule has 5 heteroatoms. The molecular weight excluding hydrogens is 220 g/mol. The Kier molecular flexibility index (Phi) is 5.36. The number of methoxy groups -OCH3 is 1. The molecule has 0 aromatic rings. The highest BCUT2D eigenvalue weighted by Gasteiger charge is 2.41. The Balaban J connectivity index is 2.71. The van der Waals surface area contributed by atoms with Gasteiger partial charge in [-0.05, 0) is 19.8 Å². The summed E-state index contributed by atoms with van der Waals surface area (Å²) in [5.41, 5.74) is 5.38. The zero-order valence-electron chi connectivity index (χ0n) is 11.1. The molecule has 17 heavy (non-hydrogen) atoms. The summed E-state index contributed by atoms with van der Waals surface area (Å²) >= 11 is 0. The van der Waals surface area contributed by atoms with E-state index in [1.165, 1.54) is 0 Å². The number of rotatable bonds is 5. The van der Waals surface area contributed by atoms with E-state index in [2.05, 4.69) is 0 Å². The van der Waals surface area contributed by atoms with E-state index < -0.39 is 5.41 Å². The quantitative estimate of drug-likeness (QED) is 0.752. The number of carbonyl (C=O) groups is 1. The number of ether oxygens (including phenoxy) is 2. The average molecular weight is 244 g/mol. The van der Waals surface area contributed by atoms with E-state index in [0.717, 1.165) is 0 Å². The minimum atomic E-state index is -0.436. The highest BCUT2D eigenvalue weighted by molar-refractivity contribution is 5.83. The monoisotopic (exact) mass is 244 g/mol. The highest BCUT2D eigenvalue weighted by Crippen LogP contribution is 2.31. The van der Waals surface area contributed by atoms with Crippen LogP contribution in [0.4, 0.5) is 0 Å². The molecule has 5 nitrogen and oxygen atoms in total. The summed E-state index contributed by atoms with van der Waals surface area (Å²) in [5, 5.41) is 0. The number of nitrogens with two attached hydrogens (primary N) is 1. The predicted molar refractivity (Wildman–Crippen MR) is 65.6 cm³/mol. The zero-order valence-corrected chi connectivity index (χ0v) is 11.1. The van der Waals surface area contributed by atoms with E-state index in [1.54, 1.807) is 12.0 Å². The first-order chi connectivity index (χ1) is 8.07. The Labute approximate surface area is 103 Å². The van der Waals surface area contributed by atoms with Crippen molar-refractivity contribution in [3.8, 4) is 0 Å². The van der Waals surface area contributed by atoms with Crippen LogP contribution in [0, 0.1) is 5.41 Å². The number of likely N-dealkylation sites (N-methyl/N-ethyl adjacent to an activating group) is 1. The summed E-state index contributed by atoms with van der Waals surface area (Å²) in [7, 11) is 3.46. The van der Waals surface area contributed by atoms with Gasteiger partial charge in [-0.2, -0.15) is 0 Å². The van der Waals surface area contributed by atoms with Crippen LogP contribution in [-0.2, 0) is 14.3 Å². The van der Waals surface area contributed by atoms with Crippen molar-refractivity contribution in [2.45, 2.75) is 25.8 Å². The van der Waals surface area contributed by atoms with Crippen LogP contribution in [0.2, 0.25) is 0 Å². The van der Waals surface area contributed by atoms with Gasteiger partial charge in [0.2, 0.25) is 5.91 Å². The lowest BCUT2D eigenvalue weighted by Crippen LogP contribution is -2.52. The van der Waals surface area contributed by atoms with Crippen LogP contribution in [-0.4, -0.2) is 57.4 Å². The summed E-state index contributed by atoms with van der Waals surface area (Å²) in [6.45, 7) is 4.15. The van der Waals surface area contributed by atoms with Gasteiger partial charge in [0.1, 0.15) is 0 Å². The molecule has 0 spiro atoms. The molecule has 1 rings (SSSR count). The molecule has 1 amide bonds. The maximum atomic E-state index is 12.5. The molecule has 0 bridgehead atoms. The van der Waals surface area contributed by atoms with Crippen molar-refractivity contribution in [1.82, 2.24) is 4.90 Å². The smallest absolute Gasteiger partial charge is 0.230 e. The van der Waals surface area contributed by atoms with Gasteiger partial charge in [0.05, 0.1) is 18.1 Å². The maximum absolute atomic E-state index is 12.5. The van der Waals surface area contributed by atoms with E-state index in [1.807, 2.05) is 14.0 Å². The normalized spacial score (nSPS) is 20.9. The van der Waals surface area contributed by atoms with E-state index in [9.17, 15) is 4.79 Å². The van der Waals surface area contributed by atoms with Crippen LogP contribution in [0.3, 0.4) is 0 Å². The average Bonchev–Trinajstić information content (AvgIpc) is 2.38. The van der Waals surface area contributed by atoms with Gasteiger partial charge in [-0.25, -0.2) is 0 Å². The van der Waals surface area contributed by atoms with Gasteiger partial charge in [0, 0.05) is 33.9 Å². The lowest BCUT2D eigenvalue weighted by molar-refractivity contribution is -0.148. The molecule has 0 aromatic carbocycles. The second kappa shape index (κ2) is 6.33. The van der Waals surface area contributed by atoms with Gasteiger partial charge in [-0.3, -0.25) is 4.79 Å². The fourth-order valence-electron chi connectivity index (χ4n) is 2.19. The van der Waals surface area contributed by atoms with E-state index >= 15 is 0 Å². The molecule has 100 valence electrons. The first-order valence-electron chi connectivity index (χ1n) is 6.11. The standard InChI is InChI=1S/C12H24N2O3/c1-10(8-16-3)14(2)11(15)12(9-13)4-6-17-7-5-12/h10H,4-9,13H2,1-3H3. The Bertz CT molecular complexity index is 252. The third kappa shape index (κ3) is 3.18. The van der Waals surface area contributed by atoms with Crippen LogP contribution in [0.15, 0.2) is 0 Å². The maximum Gasteiger partial charge on any atom is 0.230 e. The van der Waals surface area contributed by atoms with Gasteiger partial charge >= 0.3 is 0 Å². The number of hydrogen-bond acceptors (Lipinski definition) is 4. The first-order valence-corrected chi connectivity index (χ1v) is 6.11. The largest absolute Gasteiger partial charge is 0.383 e. The predicted octanol–water partition coefficient (Wildman–Crippen LogP) is 0.235. The summed E-state index contributed by atoms with van der Waals surface area (Å²) < 4.78 is 10.4. The SMILES string of the molecule is COCC(C)N(C)C(=O)C1(CN)CCOCC1. The molecule has 0 aromatic heterocycles. The fraction of sp³-hybridized carbons (Fsp3) is 0.917. The number of amides is 1. The van der Waals surface area contributed by atoms with Crippen molar-refractivity contribution < 1.29 is 14.3 Å². The van der Waals surface area contributed by atoms with Gasteiger partial charge in [0.15, 0.2) is 0 Å². The Morgan fingerprint density at radius 3 is 2.59 bits per heavy atom. The topological polar surface area (TPSA) is 64.8 Å². The molecular formula is C12H24N2O3. The van der Waals surface area contributed by atoms with Gasteiger partial charge in [0.25, 0.3) is 0 Å². The first kappa shape index (κ1) is 14.4. The van der Waals surface area contributed by atoms with Crippen LogP contribution >= 0.6 is 0 Å². The van der Waals surface area contributed by atoms with Crippen molar-refractivity contribution in [3.05, 3.63) is 0 Å². The van der Waals surface area contributed by atoms with Crippen molar-refractivity contribution in [2.24, 2.45) is 11.1 Å². The molecule has 0 radical (unpaired) electrons. The molecule has 1 heterocycles. The molecule has 1 fully saturated rings. The third-order valence-electron chi connectivity index (χ3n) is 3.68. The van der Waals surface area contributed by atoms with Crippen molar-refractivity contribution in [3.63, 3.8) is 0 Å². The summed E-state index contributed by atoms with van der Waals surface area (Å²) in [5.74, 6) is 0.118. The molecule has 1 aliphatic rings. The zero-order chi connectivity index (χ0) is 12.9. The molecule has 2 N–H and O–H groups in total. The molecule has 1 aliphatic heterocycles. The van der Waals surface area contributed by atoms with E-state index in [4.69, 9.17) is 15.2 Å². The van der Waals surface area contributed by atoms with Crippen molar-refractivity contribution >= 4 is 5.91 Å². The Hall–Kier alpha value is -0.650. The van der Waals surface area contributed by atoms with Crippen LogP contribution in [0.25, 0.3) is 0 Å². The van der Waals surface area contributed by atoms with Crippen molar-refractivity contribution in [1.29, 1.82) is 0 Å². The Morgan fingerprint density at radius 2 is 2.12 bits per heavy atom. The number of carbonyl (C=O) groups excluding carboxylic acids is 1. The summed E-state index contributed by atoms with van der Waals surface area (Å²) in [4.78, 5) is 14.3. The lowest BCUT2D eigenvalue weighted by atomic mass is 9.78. The second-order valence-electron chi connectivity index (χ2n) is 4.82. The molecule has 1 unspecified atom stereocenters. The minimum Gasteiger partial charge on any atom is -0.383 e. The molecule has 0 saturated carbocycles. The lowest BCUT2D eigenvalue weighted by Gasteiger charge is -2.39. The van der Waals surface area contributed by atoms with Crippen LogP contribution in [0.1, 0.15) is 19.8 Å². The van der Waals surface area contributed by atoms with Crippen LogP contribution < -0.4 is 5.73 Å². The molecule has 1 saturated heterocycles. The second-order valence-corrected chi connectivity index (χ2v) is 4.82. The van der Waals surface area contributed by atoms with E-state index in [0.29, 0.717) is 39.2 Å². The summed E-state index contributed by atoms with van der Waals surface area (Å²) in [6, 6.07) is 0.0683.